The van der Waals surface area contributed by atoms with E-state index in [1.807, 2.05) is 31.2 Å². The summed E-state index contributed by atoms with van der Waals surface area (Å²) in [5, 5.41) is 9.79. The molecule has 1 aliphatic heterocycles. The molecule has 1 atom stereocenters. The van der Waals surface area contributed by atoms with Crippen molar-refractivity contribution in [1.82, 2.24) is 0 Å². The number of aliphatic hydroxyl groups excluding tert-OH is 1. The van der Waals surface area contributed by atoms with Crippen molar-refractivity contribution >= 4 is 18.0 Å². The van der Waals surface area contributed by atoms with Gasteiger partial charge in [-0.3, -0.25) is 0 Å². The van der Waals surface area contributed by atoms with Crippen LogP contribution in [0.3, 0.4) is 0 Å². The van der Waals surface area contributed by atoms with Crippen molar-refractivity contribution in [3.05, 3.63) is 70.8 Å². The Morgan fingerprint density at radius 1 is 1.18 bits per heavy atom. The number of hydrogen-bond donors (Lipinski definition) is 1. The highest BCUT2D eigenvalue weighted by atomic mass is 16.6. The van der Waals surface area contributed by atoms with Gasteiger partial charge in [0.15, 0.2) is 5.60 Å². The molecule has 3 rings (SSSR count). The third-order valence-corrected chi connectivity index (χ3v) is 4.58. The second-order valence-electron chi connectivity index (χ2n) is 6.79. The molecule has 1 N–H and O–H groups in total. The average Bonchev–Trinajstić information content (AvgIpc) is 3.03. The van der Waals surface area contributed by atoms with Gasteiger partial charge in [0.2, 0.25) is 0 Å². The Morgan fingerprint density at radius 3 is 2.46 bits per heavy atom. The summed E-state index contributed by atoms with van der Waals surface area (Å²) in [6.45, 7) is 1.26. The van der Waals surface area contributed by atoms with Gasteiger partial charge < -0.3 is 19.3 Å². The van der Waals surface area contributed by atoms with Crippen molar-refractivity contribution in [3.8, 4) is 5.75 Å². The smallest absolute Gasteiger partial charge is 0.338 e. The maximum atomic E-state index is 12.3. The van der Waals surface area contributed by atoms with E-state index in [9.17, 15) is 14.7 Å². The molecule has 0 aliphatic carbocycles. The lowest BCUT2D eigenvalue weighted by Gasteiger charge is -2.24. The molecule has 1 aliphatic rings. The first-order valence-corrected chi connectivity index (χ1v) is 8.87. The fourth-order valence-corrected chi connectivity index (χ4v) is 2.91. The fourth-order valence-electron chi connectivity index (χ4n) is 2.91. The average molecular weight is 382 g/mol. The third-order valence-electron chi connectivity index (χ3n) is 4.58. The van der Waals surface area contributed by atoms with Crippen LogP contribution in [0, 0.1) is 6.92 Å². The number of aliphatic hydroxyl groups is 1. The molecule has 0 radical (unpaired) electrons. The number of cyclic esters (lactones) is 1. The van der Waals surface area contributed by atoms with Gasteiger partial charge in [0.05, 0.1) is 19.3 Å². The minimum atomic E-state index is -1.27. The Hall–Kier alpha value is -3.12. The largest absolute Gasteiger partial charge is 0.497 e. The molecule has 28 heavy (non-hydrogen) atoms. The maximum Gasteiger partial charge on any atom is 0.338 e. The predicted octanol–water partition coefficient (Wildman–Crippen LogP) is 2.92. The SMILES string of the molecule is COc1ccc(/C=C2\CC(CO)(COC(=O)c3ccc(C)cc3)OC2=O)cc1. The van der Waals surface area contributed by atoms with Crippen molar-refractivity contribution in [2.45, 2.75) is 18.9 Å². The number of benzene rings is 2. The van der Waals surface area contributed by atoms with Gasteiger partial charge in [-0.05, 0) is 42.8 Å². The topological polar surface area (TPSA) is 82.1 Å². The van der Waals surface area contributed by atoms with E-state index in [1.54, 1.807) is 37.5 Å². The van der Waals surface area contributed by atoms with E-state index >= 15 is 0 Å². The van der Waals surface area contributed by atoms with Gasteiger partial charge in [-0.1, -0.05) is 29.8 Å². The normalized spacial score (nSPS) is 20.1. The first kappa shape index (κ1) is 19.6. The van der Waals surface area contributed by atoms with Gasteiger partial charge in [-0.2, -0.15) is 0 Å². The minimum absolute atomic E-state index is 0.148. The summed E-state index contributed by atoms with van der Waals surface area (Å²) < 4.78 is 15.8. The summed E-state index contributed by atoms with van der Waals surface area (Å²) >= 11 is 0. The number of carbonyl (C=O) groups excluding carboxylic acids is 2. The minimum Gasteiger partial charge on any atom is -0.497 e. The zero-order chi connectivity index (χ0) is 20.1. The van der Waals surface area contributed by atoms with Crippen LogP contribution >= 0.6 is 0 Å². The lowest BCUT2D eigenvalue weighted by molar-refractivity contribution is -0.154. The lowest BCUT2D eigenvalue weighted by atomic mass is 9.98. The molecule has 2 aromatic rings. The van der Waals surface area contributed by atoms with Crippen LogP contribution in [0.1, 0.15) is 27.9 Å². The van der Waals surface area contributed by atoms with Crippen LogP contribution in [-0.4, -0.2) is 43.0 Å². The van der Waals surface area contributed by atoms with Crippen molar-refractivity contribution in [3.63, 3.8) is 0 Å². The maximum absolute atomic E-state index is 12.3. The molecule has 146 valence electrons. The highest BCUT2D eigenvalue weighted by molar-refractivity contribution is 5.96. The quantitative estimate of drug-likeness (QED) is 0.611. The summed E-state index contributed by atoms with van der Waals surface area (Å²) in [6, 6.07) is 14.2. The Balaban J connectivity index is 1.69. The molecule has 1 heterocycles. The number of carbonyl (C=O) groups is 2. The van der Waals surface area contributed by atoms with Gasteiger partial charge in [0, 0.05) is 12.0 Å². The molecule has 1 saturated heterocycles. The van der Waals surface area contributed by atoms with E-state index in [1.165, 1.54) is 0 Å². The first-order valence-electron chi connectivity index (χ1n) is 8.87. The monoisotopic (exact) mass is 382 g/mol. The number of ether oxygens (including phenoxy) is 3. The third kappa shape index (κ3) is 4.40. The molecule has 0 saturated carbocycles. The molecule has 0 spiro atoms. The van der Waals surface area contributed by atoms with E-state index < -0.39 is 24.1 Å². The number of hydrogen-bond acceptors (Lipinski definition) is 6. The molecule has 0 bridgehead atoms. The Bertz CT molecular complexity index is 882. The Morgan fingerprint density at radius 2 is 1.86 bits per heavy atom. The molecule has 6 nitrogen and oxygen atoms in total. The van der Waals surface area contributed by atoms with Crippen LogP contribution in [0.2, 0.25) is 0 Å². The molecule has 0 aromatic heterocycles. The zero-order valence-electron chi connectivity index (χ0n) is 15.8. The molecule has 2 aromatic carbocycles. The van der Waals surface area contributed by atoms with Gasteiger partial charge >= 0.3 is 11.9 Å². The van der Waals surface area contributed by atoms with Gasteiger partial charge in [-0.15, -0.1) is 0 Å². The first-order chi connectivity index (χ1) is 13.4. The summed E-state index contributed by atoms with van der Waals surface area (Å²) in [6.07, 6.45) is 1.84. The summed E-state index contributed by atoms with van der Waals surface area (Å²) in [5.41, 5.74) is 1.37. The molecule has 6 heteroatoms. The predicted molar refractivity (Wildman–Crippen MR) is 103 cm³/mol. The lowest BCUT2D eigenvalue weighted by Crippen LogP contribution is -2.39. The van der Waals surface area contributed by atoms with Crippen molar-refractivity contribution in [2.24, 2.45) is 0 Å². The zero-order valence-corrected chi connectivity index (χ0v) is 15.8. The number of esters is 2. The number of rotatable bonds is 6. The number of aryl methyl sites for hydroxylation is 1. The van der Waals surface area contributed by atoms with Crippen molar-refractivity contribution in [1.29, 1.82) is 0 Å². The molecule has 0 amide bonds. The van der Waals surface area contributed by atoms with Crippen LogP contribution < -0.4 is 4.74 Å². The van der Waals surface area contributed by atoms with Gasteiger partial charge in [-0.25, -0.2) is 9.59 Å². The molecular weight excluding hydrogens is 360 g/mol. The van der Waals surface area contributed by atoms with Gasteiger partial charge in [0.1, 0.15) is 12.4 Å². The summed E-state index contributed by atoms with van der Waals surface area (Å²) in [5.74, 6) is -0.350. The number of methoxy groups -OCH3 is 1. The highest BCUT2D eigenvalue weighted by Crippen LogP contribution is 2.32. The van der Waals surface area contributed by atoms with Crippen LogP contribution in [0.25, 0.3) is 6.08 Å². The second kappa shape index (κ2) is 8.27. The van der Waals surface area contributed by atoms with Crippen LogP contribution in [0.4, 0.5) is 0 Å². The van der Waals surface area contributed by atoms with E-state index in [0.717, 1.165) is 11.1 Å². The fraction of sp³-hybridized carbons (Fsp3) is 0.273. The summed E-state index contributed by atoms with van der Waals surface area (Å²) in [4.78, 5) is 24.5. The van der Waals surface area contributed by atoms with Crippen LogP contribution in [0.15, 0.2) is 54.1 Å². The van der Waals surface area contributed by atoms with Crippen LogP contribution in [0.5, 0.6) is 5.75 Å². The highest BCUT2D eigenvalue weighted by Gasteiger charge is 2.44. The van der Waals surface area contributed by atoms with Crippen molar-refractivity contribution < 1.29 is 28.9 Å². The van der Waals surface area contributed by atoms with E-state index in [0.29, 0.717) is 16.9 Å². The van der Waals surface area contributed by atoms with E-state index in [-0.39, 0.29) is 13.0 Å². The standard InChI is InChI=1S/C22H22O6/c1-15-3-7-17(8-4-15)20(24)27-14-22(13-23)12-18(21(25)28-22)11-16-5-9-19(26-2)10-6-16/h3-11,23H,12-14H2,1-2H3/b18-11+. The van der Waals surface area contributed by atoms with Gasteiger partial charge in [0.25, 0.3) is 0 Å². The second-order valence-corrected chi connectivity index (χ2v) is 6.79. The Kier molecular flexibility index (Phi) is 5.80. The Labute approximate surface area is 163 Å². The summed E-state index contributed by atoms with van der Waals surface area (Å²) in [7, 11) is 1.58. The van der Waals surface area contributed by atoms with Crippen LogP contribution in [-0.2, 0) is 14.3 Å². The van der Waals surface area contributed by atoms with E-state index in [4.69, 9.17) is 14.2 Å². The molecular formula is C22H22O6. The van der Waals surface area contributed by atoms with Crippen molar-refractivity contribution in [2.75, 3.05) is 20.3 Å². The molecule has 1 unspecified atom stereocenters. The van der Waals surface area contributed by atoms with E-state index in [2.05, 4.69) is 0 Å². The molecule has 1 fully saturated rings.